The lowest BCUT2D eigenvalue weighted by Crippen LogP contribution is -2.56. The van der Waals surface area contributed by atoms with Gasteiger partial charge in [0.25, 0.3) is 0 Å². The highest BCUT2D eigenvalue weighted by Crippen LogP contribution is 2.32. The number of hydrogen-bond donors (Lipinski definition) is 1. The van der Waals surface area contributed by atoms with Gasteiger partial charge >= 0.3 is 20.7 Å². The maximum absolute atomic E-state index is 12.3. The van der Waals surface area contributed by atoms with E-state index in [1.807, 2.05) is 20.8 Å². The topological polar surface area (TPSA) is 118 Å². The van der Waals surface area contributed by atoms with Crippen LogP contribution in [0.2, 0.25) is 6.04 Å². The van der Waals surface area contributed by atoms with Gasteiger partial charge < -0.3 is 27.9 Å². The molecule has 11 heteroatoms. The standard InChI is InChI=1S/C33H62O9SSi/c1-6-9-11-12-14-16-30(35)39-25-33(5)26-41-44(42-27-33,23-15-22-43-32(37)17-13-10-7-2)40-21-20-28(4)24-38-31(36)19-18-29(34)8-3/h28-29,34H,6-27H2,1-5H3. The summed E-state index contributed by atoms with van der Waals surface area (Å²) < 4.78 is 30.1. The van der Waals surface area contributed by atoms with E-state index in [9.17, 15) is 19.5 Å². The molecule has 1 N–H and O–H groups in total. The molecule has 1 rings (SSSR count). The molecule has 0 aromatic heterocycles. The fraction of sp³-hybridized carbons (Fsp3) is 0.909. The molecular formula is C33H62O9SSi. The van der Waals surface area contributed by atoms with Gasteiger partial charge in [0.15, 0.2) is 5.12 Å². The van der Waals surface area contributed by atoms with Crippen molar-refractivity contribution < 1.29 is 42.2 Å². The van der Waals surface area contributed by atoms with Crippen LogP contribution in [-0.4, -0.2) is 75.9 Å². The number of carbonyl (C=O) groups is 3. The second-order valence-electron chi connectivity index (χ2n) is 12.7. The molecule has 1 fully saturated rings. The molecule has 1 aliphatic rings. The Balaban J connectivity index is 2.57. The van der Waals surface area contributed by atoms with Crippen molar-refractivity contribution in [3.05, 3.63) is 0 Å². The lowest BCUT2D eigenvalue weighted by atomic mass is 9.94. The summed E-state index contributed by atoms with van der Waals surface area (Å²) in [6.45, 7) is 11.9. The molecule has 0 saturated carbocycles. The number of rotatable bonds is 26. The maximum Gasteiger partial charge on any atom is 0.501 e. The van der Waals surface area contributed by atoms with E-state index in [0.29, 0.717) is 70.3 Å². The van der Waals surface area contributed by atoms with Gasteiger partial charge in [-0.1, -0.05) is 84.9 Å². The quantitative estimate of drug-likeness (QED) is 0.0577. The smallest absolute Gasteiger partial charge is 0.465 e. The third-order valence-electron chi connectivity index (χ3n) is 7.84. The molecule has 1 heterocycles. The minimum Gasteiger partial charge on any atom is -0.465 e. The molecule has 1 saturated heterocycles. The molecule has 2 atom stereocenters. The molecule has 0 aliphatic carbocycles. The van der Waals surface area contributed by atoms with Gasteiger partial charge in [0.1, 0.15) is 6.61 Å². The molecule has 0 aromatic carbocycles. The highest BCUT2D eigenvalue weighted by atomic mass is 32.2. The van der Waals surface area contributed by atoms with Gasteiger partial charge in [-0.05, 0) is 44.4 Å². The second kappa shape index (κ2) is 24.2. The predicted octanol–water partition coefficient (Wildman–Crippen LogP) is 7.25. The monoisotopic (exact) mass is 662 g/mol. The average Bonchev–Trinajstić information content (AvgIpc) is 3.01. The van der Waals surface area contributed by atoms with Crippen molar-refractivity contribution in [1.82, 2.24) is 0 Å². The molecule has 44 heavy (non-hydrogen) atoms. The van der Waals surface area contributed by atoms with E-state index in [4.69, 9.17) is 22.8 Å². The number of unbranched alkanes of at least 4 members (excludes halogenated alkanes) is 6. The molecule has 0 aromatic rings. The van der Waals surface area contributed by atoms with E-state index in [0.717, 1.165) is 44.9 Å². The Bertz CT molecular complexity index is 789. The first kappa shape index (κ1) is 41.0. The molecule has 258 valence electrons. The van der Waals surface area contributed by atoms with Crippen LogP contribution < -0.4 is 0 Å². The first-order valence-corrected chi connectivity index (χ1v) is 20.1. The molecule has 0 bridgehead atoms. The van der Waals surface area contributed by atoms with Crippen LogP contribution in [0.4, 0.5) is 0 Å². The van der Waals surface area contributed by atoms with E-state index in [1.54, 1.807) is 0 Å². The third kappa shape index (κ3) is 19.5. The third-order valence-corrected chi connectivity index (χ3v) is 11.6. The molecular weight excluding hydrogens is 601 g/mol. The Labute approximate surface area is 272 Å². The van der Waals surface area contributed by atoms with Gasteiger partial charge in [-0.2, -0.15) is 0 Å². The van der Waals surface area contributed by atoms with Crippen molar-refractivity contribution in [2.24, 2.45) is 11.3 Å². The normalized spacial score (nSPS) is 21.5. The van der Waals surface area contributed by atoms with Crippen LogP contribution in [0.5, 0.6) is 0 Å². The van der Waals surface area contributed by atoms with Crippen LogP contribution >= 0.6 is 11.8 Å². The van der Waals surface area contributed by atoms with E-state index < -0.39 is 20.3 Å². The Hall–Kier alpha value is -0.983. The number of thioether (sulfide) groups is 1. The zero-order chi connectivity index (χ0) is 32.7. The van der Waals surface area contributed by atoms with Crippen LogP contribution in [0.25, 0.3) is 0 Å². The molecule has 2 unspecified atom stereocenters. The summed E-state index contributed by atoms with van der Waals surface area (Å²) in [6.07, 6.45) is 11.8. The summed E-state index contributed by atoms with van der Waals surface area (Å²) in [5, 5.41) is 9.88. The number of carbonyl (C=O) groups excluding carboxylic acids is 3. The van der Waals surface area contributed by atoms with Gasteiger partial charge in [0, 0.05) is 56.3 Å². The van der Waals surface area contributed by atoms with Crippen LogP contribution in [0.3, 0.4) is 0 Å². The Morgan fingerprint density at radius 2 is 1.50 bits per heavy atom. The van der Waals surface area contributed by atoms with Crippen molar-refractivity contribution in [1.29, 1.82) is 0 Å². The summed E-state index contributed by atoms with van der Waals surface area (Å²) in [4.78, 5) is 36.5. The Morgan fingerprint density at radius 3 is 2.18 bits per heavy atom. The summed E-state index contributed by atoms with van der Waals surface area (Å²) in [5.74, 6) is 0.313. The van der Waals surface area contributed by atoms with Crippen molar-refractivity contribution in [2.75, 3.05) is 38.8 Å². The number of ether oxygens (including phenoxy) is 2. The van der Waals surface area contributed by atoms with Crippen molar-refractivity contribution in [2.45, 2.75) is 143 Å². The van der Waals surface area contributed by atoms with E-state index in [2.05, 4.69) is 13.8 Å². The van der Waals surface area contributed by atoms with Crippen LogP contribution in [0, 0.1) is 11.3 Å². The molecule has 0 radical (unpaired) electrons. The fourth-order valence-electron chi connectivity index (χ4n) is 4.60. The van der Waals surface area contributed by atoms with E-state index in [-0.39, 0.29) is 36.0 Å². The summed E-state index contributed by atoms with van der Waals surface area (Å²) in [7, 11) is -3.01. The predicted molar refractivity (Wildman–Crippen MR) is 177 cm³/mol. The first-order valence-electron chi connectivity index (χ1n) is 17.1. The molecule has 0 spiro atoms. The summed E-state index contributed by atoms with van der Waals surface area (Å²) >= 11 is 1.38. The average molecular weight is 663 g/mol. The number of esters is 2. The maximum atomic E-state index is 12.3. The molecule has 0 amide bonds. The van der Waals surface area contributed by atoms with E-state index >= 15 is 0 Å². The number of hydrogen-bond acceptors (Lipinski definition) is 10. The Kier molecular flexibility index (Phi) is 22.6. The van der Waals surface area contributed by atoms with Gasteiger partial charge in [-0.15, -0.1) is 0 Å². The lowest BCUT2D eigenvalue weighted by Gasteiger charge is -2.42. The van der Waals surface area contributed by atoms with Gasteiger partial charge in [-0.3, -0.25) is 14.4 Å². The highest BCUT2D eigenvalue weighted by Gasteiger charge is 2.48. The molecule has 9 nitrogen and oxygen atoms in total. The number of aliphatic hydroxyl groups excluding tert-OH is 1. The Morgan fingerprint density at radius 1 is 0.864 bits per heavy atom. The van der Waals surface area contributed by atoms with Crippen molar-refractivity contribution >= 4 is 37.6 Å². The highest BCUT2D eigenvalue weighted by molar-refractivity contribution is 8.13. The van der Waals surface area contributed by atoms with Crippen LogP contribution in [-0.2, 0) is 37.1 Å². The zero-order valence-electron chi connectivity index (χ0n) is 28.3. The zero-order valence-corrected chi connectivity index (χ0v) is 30.1. The second-order valence-corrected chi connectivity index (χ2v) is 16.6. The summed E-state index contributed by atoms with van der Waals surface area (Å²) in [6, 6.07) is 0.610. The lowest BCUT2D eigenvalue weighted by molar-refractivity contribution is -0.152. The van der Waals surface area contributed by atoms with Crippen LogP contribution in [0.15, 0.2) is 0 Å². The van der Waals surface area contributed by atoms with E-state index in [1.165, 1.54) is 24.6 Å². The van der Waals surface area contributed by atoms with Gasteiger partial charge in [0.2, 0.25) is 0 Å². The van der Waals surface area contributed by atoms with Crippen molar-refractivity contribution in [3.8, 4) is 0 Å². The SMILES string of the molecule is CCCCCCCC(=O)OCC1(C)CO[Si](CCCSC(=O)CCCCC)(OCCC(C)COC(=O)CCC(O)CC)OC1. The summed E-state index contributed by atoms with van der Waals surface area (Å²) in [5.41, 5.74) is -0.450. The fourth-order valence-corrected chi connectivity index (χ4v) is 8.52. The van der Waals surface area contributed by atoms with Crippen molar-refractivity contribution in [3.63, 3.8) is 0 Å². The minimum atomic E-state index is -3.01. The minimum absolute atomic E-state index is 0.0904. The molecule has 1 aliphatic heterocycles. The number of aliphatic hydroxyl groups is 1. The van der Waals surface area contributed by atoms with Gasteiger partial charge in [0.05, 0.1) is 12.7 Å². The first-order chi connectivity index (χ1) is 21.1. The van der Waals surface area contributed by atoms with Crippen LogP contribution in [0.1, 0.15) is 131 Å². The largest absolute Gasteiger partial charge is 0.501 e. The van der Waals surface area contributed by atoms with Gasteiger partial charge in [-0.25, -0.2) is 0 Å².